The molecule has 3 aromatic carbocycles. The number of nitrogens with zero attached hydrogens (tertiary/aromatic N) is 4. The first kappa shape index (κ1) is 29.2. The molecule has 5 rings (SSSR count). The maximum absolute atomic E-state index is 13.3. The molecule has 220 valence electrons. The molecule has 0 spiro atoms. The van der Waals surface area contributed by atoms with Crippen molar-refractivity contribution in [3.63, 3.8) is 0 Å². The van der Waals surface area contributed by atoms with E-state index in [0.717, 1.165) is 24.3 Å². The first-order valence-electron chi connectivity index (χ1n) is 13.1. The van der Waals surface area contributed by atoms with E-state index >= 15 is 0 Å². The third kappa shape index (κ3) is 6.28. The molecule has 0 N–H and O–H groups in total. The summed E-state index contributed by atoms with van der Waals surface area (Å²) >= 11 is 0. The number of carboxylic acids is 1. The number of halogens is 6. The molecule has 0 atom stereocenters. The number of anilines is 3. The summed E-state index contributed by atoms with van der Waals surface area (Å²) in [6.07, 6.45) is -7.61. The number of carboxylic acid groups (broad SMARTS) is 1. The van der Waals surface area contributed by atoms with Gasteiger partial charge in [0.15, 0.2) is 0 Å². The van der Waals surface area contributed by atoms with Crippen LogP contribution in [0.1, 0.15) is 21.5 Å². The lowest BCUT2D eigenvalue weighted by Crippen LogP contribution is -2.48. The number of rotatable bonds is 7. The van der Waals surface area contributed by atoms with Gasteiger partial charge in [0.05, 0.1) is 34.0 Å². The first-order valence-corrected chi connectivity index (χ1v) is 13.1. The Morgan fingerprint density at radius 2 is 1.50 bits per heavy atom. The number of para-hydroxylation sites is 1. The number of hydrogen-bond donors (Lipinski definition) is 0. The summed E-state index contributed by atoms with van der Waals surface area (Å²) in [5.41, 5.74) is -0.263. The van der Waals surface area contributed by atoms with Crippen LogP contribution in [0.5, 0.6) is 0 Å². The highest BCUT2D eigenvalue weighted by Gasteiger charge is 2.32. The molecule has 4 aromatic rings. The lowest BCUT2D eigenvalue weighted by molar-refractivity contribution is -0.254. The fourth-order valence-electron chi connectivity index (χ4n) is 5.15. The second-order valence-electron chi connectivity index (χ2n) is 9.89. The lowest BCUT2D eigenvalue weighted by atomic mass is 10.1. The smallest absolute Gasteiger partial charge is 0.416 e. The van der Waals surface area contributed by atoms with Crippen LogP contribution in [0.25, 0.3) is 10.9 Å². The molecular weight excluding hydrogens is 562 g/mol. The molecule has 0 saturated carbocycles. The first-order chi connectivity index (χ1) is 19.9. The maximum Gasteiger partial charge on any atom is 0.416 e. The Bertz CT molecular complexity index is 1580. The van der Waals surface area contributed by atoms with Crippen LogP contribution in [0.15, 0.2) is 79.0 Å². The van der Waals surface area contributed by atoms with Gasteiger partial charge in [-0.25, -0.2) is 0 Å². The van der Waals surface area contributed by atoms with Gasteiger partial charge in [0.25, 0.3) is 0 Å². The highest BCUT2D eigenvalue weighted by Crippen LogP contribution is 2.37. The fourth-order valence-corrected chi connectivity index (χ4v) is 5.15. The van der Waals surface area contributed by atoms with Gasteiger partial charge in [-0.15, -0.1) is 0 Å². The summed E-state index contributed by atoms with van der Waals surface area (Å²) < 4.78 is 79.6. The van der Waals surface area contributed by atoms with Gasteiger partial charge in [-0.05, 0) is 42.5 Å². The molecule has 6 nitrogen and oxygen atoms in total. The number of alkyl halides is 6. The third-order valence-corrected chi connectivity index (χ3v) is 7.30. The van der Waals surface area contributed by atoms with Crippen LogP contribution in [-0.4, -0.2) is 55.1 Å². The minimum atomic E-state index is -4.55. The highest BCUT2D eigenvalue weighted by atomic mass is 19.4. The second kappa shape index (κ2) is 11.5. The minimum Gasteiger partial charge on any atom is -0.545 e. The number of piperazine rings is 1. The van der Waals surface area contributed by atoms with E-state index in [1.165, 1.54) is 24.4 Å². The largest absolute Gasteiger partial charge is 0.545 e. The monoisotopic (exact) mass is 587 g/mol. The van der Waals surface area contributed by atoms with Crippen molar-refractivity contribution in [1.82, 2.24) is 9.88 Å². The van der Waals surface area contributed by atoms with E-state index in [1.54, 1.807) is 35.2 Å². The Hall–Kier alpha value is -4.32. The zero-order valence-electron chi connectivity index (χ0n) is 22.1. The number of pyridine rings is 1. The van der Waals surface area contributed by atoms with E-state index in [-0.39, 0.29) is 17.6 Å². The normalized spacial score (nSPS) is 14.8. The van der Waals surface area contributed by atoms with Crippen LogP contribution < -0.4 is 14.9 Å². The Labute approximate surface area is 237 Å². The molecule has 42 heavy (non-hydrogen) atoms. The molecular formula is C30H25F6N4O2-. The van der Waals surface area contributed by atoms with Crippen LogP contribution in [0, 0.1) is 0 Å². The van der Waals surface area contributed by atoms with E-state index in [1.807, 2.05) is 4.90 Å². The number of carbonyl (C=O) groups excluding carboxylic acids is 1. The molecule has 1 aliphatic heterocycles. The standard InChI is InChI=1S/C30H26F6N4O2/c31-29(32,33)20-4-3-5-22(18-20)39-15-12-38(13-16-39)14-17-40(26-7-2-1-6-24(26)28(41)42)27-10-11-37-25-19-21(30(34,35)36)8-9-23(25)27/h1-11,18-19H,12-17H2,(H,41,42)/p-1. The Kier molecular flexibility index (Phi) is 8.00. The van der Waals surface area contributed by atoms with Gasteiger partial charge in [0, 0.05) is 62.1 Å². The van der Waals surface area contributed by atoms with Crippen molar-refractivity contribution < 1.29 is 36.2 Å². The number of hydrogen-bond acceptors (Lipinski definition) is 6. The van der Waals surface area contributed by atoms with Crippen molar-refractivity contribution in [3.05, 3.63) is 95.7 Å². The maximum atomic E-state index is 13.3. The molecule has 12 heteroatoms. The van der Waals surface area contributed by atoms with Gasteiger partial charge >= 0.3 is 12.4 Å². The van der Waals surface area contributed by atoms with Gasteiger partial charge in [-0.2, -0.15) is 26.3 Å². The third-order valence-electron chi connectivity index (χ3n) is 7.30. The minimum absolute atomic E-state index is 0.0799. The van der Waals surface area contributed by atoms with E-state index in [4.69, 9.17) is 0 Å². The molecule has 1 aliphatic rings. The Balaban J connectivity index is 1.39. The second-order valence-corrected chi connectivity index (χ2v) is 9.89. The van der Waals surface area contributed by atoms with Crippen molar-refractivity contribution >= 4 is 33.9 Å². The van der Waals surface area contributed by atoms with E-state index in [9.17, 15) is 36.2 Å². The summed E-state index contributed by atoms with van der Waals surface area (Å²) in [4.78, 5) is 21.8. The Morgan fingerprint density at radius 3 is 2.19 bits per heavy atom. The predicted molar refractivity (Wildman–Crippen MR) is 145 cm³/mol. The number of benzene rings is 3. The van der Waals surface area contributed by atoms with Crippen molar-refractivity contribution in [1.29, 1.82) is 0 Å². The van der Waals surface area contributed by atoms with Crippen molar-refractivity contribution in [2.45, 2.75) is 12.4 Å². The van der Waals surface area contributed by atoms with E-state index < -0.39 is 29.4 Å². The molecule has 0 aliphatic carbocycles. The molecule has 1 fully saturated rings. The number of aromatic nitrogens is 1. The molecule has 0 amide bonds. The van der Waals surface area contributed by atoms with Crippen molar-refractivity contribution in [3.8, 4) is 0 Å². The number of aromatic carboxylic acids is 1. The highest BCUT2D eigenvalue weighted by molar-refractivity contribution is 5.99. The topological polar surface area (TPSA) is 62.7 Å². The summed E-state index contributed by atoms with van der Waals surface area (Å²) in [5.74, 6) is -1.40. The SMILES string of the molecule is O=C([O-])c1ccccc1N(CCN1CCN(c2cccc(C(F)(F)F)c2)CC1)c1ccnc2cc(C(F)(F)F)ccc12. The predicted octanol–water partition coefficient (Wildman–Crippen LogP) is 5.60. The molecule has 0 radical (unpaired) electrons. The van der Waals surface area contributed by atoms with Gasteiger partial charge in [0.1, 0.15) is 0 Å². The summed E-state index contributed by atoms with van der Waals surface area (Å²) in [6, 6.07) is 16.3. The van der Waals surface area contributed by atoms with E-state index in [2.05, 4.69) is 9.88 Å². The summed E-state index contributed by atoms with van der Waals surface area (Å²) in [5, 5.41) is 12.4. The van der Waals surface area contributed by atoms with Crippen LogP contribution in [0.4, 0.5) is 43.4 Å². The Morgan fingerprint density at radius 1 is 0.810 bits per heavy atom. The van der Waals surface area contributed by atoms with Crippen molar-refractivity contribution in [2.24, 2.45) is 0 Å². The van der Waals surface area contributed by atoms with Crippen LogP contribution in [0.3, 0.4) is 0 Å². The van der Waals surface area contributed by atoms with Crippen molar-refractivity contribution in [2.75, 3.05) is 49.1 Å². The number of fused-ring (bicyclic) bond motifs is 1. The van der Waals surface area contributed by atoms with Gasteiger partial charge in [0.2, 0.25) is 0 Å². The average molecular weight is 588 g/mol. The van der Waals surface area contributed by atoms with Crippen LogP contribution in [0.2, 0.25) is 0 Å². The van der Waals surface area contributed by atoms with Crippen LogP contribution >= 0.6 is 0 Å². The summed E-state index contributed by atoms with van der Waals surface area (Å²) in [6.45, 7) is 2.76. The van der Waals surface area contributed by atoms with Gasteiger partial charge in [-0.1, -0.05) is 30.3 Å². The van der Waals surface area contributed by atoms with Crippen LogP contribution in [-0.2, 0) is 12.4 Å². The number of carbonyl (C=O) groups is 1. The molecule has 1 saturated heterocycles. The summed E-state index contributed by atoms with van der Waals surface area (Å²) in [7, 11) is 0. The molecule has 0 unspecified atom stereocenters. The lowest BCUT2D eigenvalue weighted by Gasteiger charge is -2.38. The zero-order chi connectivity index (χ0) is 30.1. The molecule has 2 heterocycles. The molecule has 1 aromatic heterocycles. The zero-order valence-corrected chi connectivity index (χ0v) is 22.1. The average Bonchev–Trinajstić information content (AvgIpc) is 2.96. The fraction of sp³-hybridized carbons (Fsp3) is 0.267. The quantitative estimate of drug-likeness (QED) is 0.263. The van der Waals surface area contributed by atoms with E-state index in [0.29, 0.717) is 55.2 Å². The molecule has 0 bridgehead atoms. The van der Waals surface area contributed by atoms with Gasteiger partial charge in [-0.3, -0.25) is 9.88 Å². The van der Waals surface area contributed by atoms with Gasteiger partial charge < -0.3 is 19.7 Å².